The van der Waals surface area contributed by atoms with E-state index in [1.54, 1.807) is 28.8 Å². The van der Waals surface area contributed by atoms with E-state index >= 15 is 0 Å². The van der Waals surface area contributed by atoms with Crippen LogP contribution in [-0.2, 0) is 4.79 Å². The van der Waals surface area contributed by atoms with E-state index in [1.165, 1.54) is 6.08 Å². The van der Waals surface area contributed by atoms with E-state index in [0.717, 1.165) is 0 Å². The summed E-state index contributed by atoms with van der Waals surface area (Å²) in [6.45, 7) is 9.38. The molecule has 0 aliphatic rings. The predicted octanol–water partition coefficient (Wildman–Crippen LogP) is 3.29. The highest BCUT2D eigenvalue weighted by Gasteiger charge is 2.22. The van der Waals surface area contributed by atoms with Crippen LogP contribution in [0.2, 0.25) is 0 Å². The summed E-state index contributed by atoms with van der Waals surface area (Å²) in [5.74, 6) is -0.528. The number of hydrogen-bond donors (Lipinski definition) is 1. The van der Waals surface area contributed by atoms with Crippen LogP contribution < -0.4 is 9.47 Å². The molecule has 2 rings (SSSR count). The van der Waals surface area contributed by atoms with E-state index in [-0.39, 0.29) is 12.0 Å². The van der Waals surface area contributed by atoms with Gasteiger partial charge in [-0.3, -0.25) is 4.40 Å². The van der Waals surface area contributed by atoms with Gasteiger partial charge in [-0.15, -0.1) is 0 Å². The summed E-state index contributed by atoms with van der Waals surface area (Å²) in [5.41, 5.74) is -0.0893. The fourth-order valence-corrected chi connectivity index (χ4v) is 2.16. The summed E-state index contributed by atoms with van der Waals surface area (Å²) in [5, 5.41) is 18.2. The van der Waals surface area contributed by atoms with Gasteiger partial charge >= 0.3 is 5.97 Å². The molecule has 1 N–H and O–H groups in total. The van der Waals surface area contributed by atoms with Gasteiger partial charge in [-0.1, -0.05) is 0 Å². The van der Waals surface area contributed by atoms with Crippen molar-refractivity contribution in [1.82, 2.24) is 9.38 Å². The van der Waals surface area contributed by atoms with Gasteiger partial charge in [0, 0.05) is 6.20 Å². The van der Waals surface area contributed by atoms with Crippen LogP contribution in [0.4, 0.5) is 0 Å². The number of carboxylic acids is 1. The van der Waals surface area contributed by atoms with Crippen LogP contribution >= 0.6 is 0 Å². The summed E-state index contributed by atoms with van der Waals surface area (Å²) in [6, 6.07) is 5.21. The van der Waals surface area contributed by atoms with E-state index in [9.17, 15) is 4.79 Å². The second-order valence-corrected chi connectivity index (χ2v) is 6.72. The Bertz CT molecular complexity index is 867. The number of fused-ring (bicyclic) bond motifs is 1. The van der Waals surface area contributed by atoms with Crippen LogP contribution in [0.3, 0.4) is 0 Å². The Hall–Kier alpha value is -3.01. The molecule has 0 aliphatic carbocycles. The van der Waals surface area contributed by atoms with E-state index in [4.69, 9.17) is 19.8 Å². The molecule has 0 spiro atoms. The van der Waals surface area contributed by atoms with Crippen molar-refractivity contribution >= 4 is 17.7 Å². The second kappa shape index (κ2) is 6.85. The van der Waals surface area contributed by atoms with Crippen molar-refractivity contribution < 1.29 is 19.4 Å². The Balaban J connectivity index is 2.73. The Morgan fingerprint density at radius 2 is 2.12 bits per heavy atom. The summed E-state index contributed by atoms with van der Waals surface area (Å²) in [7, 11) is 0. The smallest absolute Gasteiger partial charge is 0.346 e. The van der Waals surface area contributed by atoms with Crippen LogP contribution in [0.15, 0.2) is 23.9 Å². The van der Waals surface area contributed by atoms with E-state index in [0.29, 0.717) is 17.1 Å². The molecule has 0 atom stereocenters. The molecule has 0 fully saturated rings. The van der Waals surface area contributed by atoms with E-state index in [1.807, 2.05) is 34.6 Å². The maximum absolute atomic E-state index is 11.2. The summed E-state index contributed by atoms with van der Waals surface area (Å²) < 4.78 is 13.3. The highest BCUT2D eigenvalue weighted by Crippen LogP contribution is 2.30. The van der Waals surface area contributed by atoms with Gasteiger partial charge in [0.1, 0.15) is 22.9 Å². The van der Waals surface area contributed by atoms with Gasteiger partial charge in [0.25, 0.3) is 0 Å². The normalized spacial score (nSPS) is 12.3. The number of aliphatic carboxylic acids is 1. The van der Waals surface area contributed by atoms with Gasteiger partial charge in [-0.2, -0.15) is 10.2 Å². The summed E-state index contributed by atoms with van der Waals surface area (Å²) in [6.07, 6.45) is 2.92. The molecule has 0 amide bonds. The van der Waals surface area contributed by atoms with Gasteiger partial charge in [-0.25, -0.2) is 4.79 Å². The van der Waals surface area contributed by atoms with Crippen molar-refractivity contribution in [1.29, 1.82) is 5.26 Å². The fourth-order valence-electron chi connectivity index (χ4n) is 2.16. The predicted molar refractivity (Wildman–Crippen MR) is 92.6 cm³/mol. The first-order chi connectivity index (χ1) is 11.6. The molecule has 0 unspecified atom stereocenters. The lowest BCUT2D eigenvalue weighted by molar-refractivity contribution is -0.132. The molecule has 7 nitrogen and oxygen atoms in total. The lowest BCUT2D eigenvalue weighted by Crippen LogP contribution is -2.23. The summed E-state index contributed by atoms with van der Waals surface area (Å²) in [4.78, 5) is 15.7. The minimum absolute atomic E-state index is 0.0532. The van der Waals surface area contributed by atoms with Crippen molar-refractivity contribution in [2.45, 2.75) is 46.3 Å². The number of hydrogen-bond acceptors (Lipinski definition) is 5. The molecule has 0 radical (unpaired) electrons. The first-order valence-corrected chi connectivity index (χ1v) is 7.84. The molecule has 7 heteroatoms. The topological polar surface area (TPSA) is 96.9 Å². The minimum atomic E-state index is -1.31. The number of ether oxygens (including phenoxy) is 2. The zero-order valence-electron chi connectivity index (χ0n) is 14.9. The molecular weight excluding hydrogens is 322 g/mol. The molecule has 2 aromatic rings. The Morgan fingerprint density at radius 3 is 2.64 bits per heavy atom. The van der Waals surface area contributed by atoms with Gasteiger partial charge in [0.15, 0.2) is 11.4 Å². The third-order valence-electron chi connectivity index (χ3n) is 3.01. The average molecular weight is 343 g/mol. The maximum Gasteiger partial charge on any atom is 0.346 e. The molecule has 0 saturated heterocycles. The van der Waals surface area contributed by atoms with E-state index < -0.39 is 17.1 Å². The van der Waals surface area contributed by atoms with Gasteiger partial charge < -0.3 is 14.6 Å². The second-order valence-electron chi connectivity index (χ2n) is 6.72. The highest BCUT2D eigenvalue weighted by atomic mass is 16.5. The average Bonchev–Trinajstić information content (AvgIpc) is 2.80. The van der Waals surface area contributed by atoms with Crippen LogP contribution in [-0.4, -0.2) is 32.2 Å². The molecule has 2 heterocycles. The largest absolute Gasteiger partial charge is 0.487 e. The minimum Gasteiger partial charge on any atom is -0.487 e. The molecular formula is C18H21N3O4. The molecule has 132 valence electrons. The first kappa shape index (κ1) is 18.3. The van der Waals surface area contributed by atoms with Gasteiger partial charge in [0.05, 0.1) is 6.10 Å². The Labute approximate surface area is 146 Å². The molecule has 0 saturated carbocycles. The Kier molecular flexibility index (Phi) is 5.02. The van der Waals surface area contributed by atoms with Gasteiger partial charge in [-0.05, 0) is 52.8 Å². The van der Waals surface area contributed by atoms with Crippen LogP contribution in [0.25, 0.3) is 11.7 Å². The molecule has 0 bridgehead atoms. The number of imidazole rings is 1. The molecule has 0 aliphatic heterocycles. The number of rotatable bonds is 5. The zero-order valence-corrected chi connectivity index (χ0v) is 14.9. The van der Waals surface area contributed by atoms with Crippen molar-refractivity contribution in [2.75, 3.05) is 0 Å². The van der Waals surface area contributed by atoms with E-state index in [2.05, 4.69) is 4.98 Å². The van der Waals surface area contributed by atoms with Crippen molar-refractivity contribution in [3.8, 4) is 17.7 Å². The van der Waals surface area contributed by atoms with Crippen molar-refractivity contribution in [2.24, 2.45) is 0 Å². The van der Waals surface area contributed by atoms with Crippen molar-refractivity contribution in [3.05, 3.63) is 29.6 Å². The highest BCUT2D eigenvalue weighted by molar-refractivity contribution is 5.96. The van der Waals surface area contributed by atoms with Crippen LogP contribution in [0.1, 0.15) is 40.3 Å². The third-order valence-corrected chi connectivity index (χ3v) is 3.01. The standard InChI is InChI=1S/C18H21N3O4/c1-11(2)24-14-7-6-8-21-13(9-12(10-19)17(22)23)16(20-15(14)21)25-18(3,4)5/h6-9,11H,1-5H3,(H,22,23). The van der Waals surface area contributed by atoms with Gasteiger partial charge in [0.2, 0.25) is 5.88 Å². The fraction of sp³-hybridized carbons (Fsp3) is 0.389. The monoisotopic (exact) mass is 343 g/mol. The first-order valence-electron chi connectivity index (χ1n) is 7.84. The number of nitrogens with zero attached hydrogens (tertiary/aromatic N) is 3. The van der Waals surface area contributed by atoms with Crippen LogP contribution in [0, 0.1) is 11.3 Å². The molecule has 2 aromatic heterocycles. The number of nitriles is 1. The molecule has 0 aromatic carbocycles. The number of aromatic nitrogens is 2. The quantitative estimate of drug-likeness (QED) is 0.661. The van der Waals surface area contributed by atoms with Crippen LogP contribution in [0.5, 0.6) is 11.6 Å². The number of carboxylic acid groups (broad SMARTS) is 1. The number of pyridine rings is 1. The zero-order chi connectivity index (χ0) is 18.8. The lowest BCUT2D eigenvalue weighted by atomic mass is 10.2. The summed E-state index contributed by atoms with van der Waals surface area (Å²) >= 11 is 0. The maximum atomic E-state index is 11.2. The number of carbonyl (C=O) groups is 1. The molecule has 25 heavy (non-hydrogen) atoms. The lowest BCUT2D eigenvalue weighted by Gasteiger charge is -2.19. The third kappa shape index (κ3) is 4.29. The van der Waals surface area contributed by atoms with Crippen molar-refractivity contribution in [3.63, 3.8) is 0 Å². The Morgan fingerprint density at radius 1 is 1.44 bits per heavy atom. The SMILES string of the molecule is CC(C)Oc1cccn2c(C=C(C#N)C(=O)O)c(OC(C)(C)C)nc12.